The number of benzene rings is 1. The molecule has 6 heteroatoms. The van der Waals surface area contributed by atoms with Crippen LogP contribution in [0.25, 0.3) is 0 Å². The Morgan fingerprint density at radius 2 is 1.47 bits per heavy atom. The Morgan fingerprint density at radius 3 is 1.84 bits per heavy atom. The van der Waals surface area contributed by atoms with Crippen molar-refractivity contribution in [2.75, 3.05) is 26.4 Å². The second kappa shape index (κ2) is 8.23. The predicted octanol–water partition coefficient (Wildman–Crippen LogP) is 0.622. The molecule has 2 N–H and O–H groups in total. The van der Waals surface area contributed by atoms with Crippen molar-refractivity contribution in [2.24, 2.45) is 0 Å². The number of carbonyl (C=O) groups excluding carboxylic acids is 1. The van der Waals surface area contributed by atoms with E-state index in [1.165, 1.54) is 24.3 Å². The molecule has 104 valence electrons. The van der Waals surface area contributed by atoms with Crippen LogP contribution in [0.4, 0.5) is 0 Å². The van der Waals surface area contributed by atoms with Gasteiger partial charge in [-0.1, -0.05) is 12.1 Å². The number of phenols is 1. The molecule has 1 aromatic carbocycles. The zero-order valence-corrected chi connectivity index (χ0v) is 10.4. The fraction of sp³-hybridized carbons (Fsp3) is 0.385. The van der Waals surface area contributed by atoms with Crippen LogP contribution in [0.15, 0.2) is 24.3 Å². The van der Waals surface area contributed by atoms with Crippen LogP contribution in [0, 0.1) is 0 Å². The first-order valence-corrected chi connectivity index (χ1v) is 5.79. The Labute approximate surface area is 110 Å². The molecule has 0 aliphatic carbocycles. The molecule has 6 nitrogen and oxygen atoms in total. The van der Waals surface area contributed by atoms with E-state index in [1.807, 2.05) is 0 Å². The number of rotatable bonds is 3. The Bertz CT molecular complexity index is 396. The molecular weight excluding hydrogens is 252 g/mol. The van der Waals surface area contributed by atoms with Crippen LogP contribution in [0.2, 0.25) is 0 Å². The minimum atomic E-state index is -1.44. The van der Waals surface area contributed by atoms with E-state index in [4.69, 9.17) is 19.7 Å². The lowest BCUT2D eigenvalue weighted by Gasteiger charge is -2.09. The van der Waals surface area contributed by atoms with E-state index in [0.717, 1.165) is 26.4 Å². The third kappa shape index (κ3) is 6.54. The molecule has 2 rings (SSSR count). The summed E-state index contributed by atoms with van der Waals surface area (Å²) in [5.74, 6) is -2.20. The Morgan fingerprint density at radius 1 is 1.00 bits per heavy atom. The van der Waals surface area contributed by atoms with Crippen LogP contribution >= 0.6 is 0 Å². The van der Waals surface area contributed by atoms with Gasteiger partial charge in [-0.2, -0.15) is 0 Å². The minimum Gasteiger partial charge on any atom is -0.508 e. The maximum Gasteiger partial charge on any atom is 0.372 e. The van der Waals surface area contributed by atoms with E-state index in [-0.39, 0.29) is 12.2 Å². The van der Waals surface area contributed by atoms with Gasteiger partial charge < -0.3 is 19.7 Å². The van der Waals surface area contributed by atoms with Gasteiger partial charge in [0.15, 0.2) is 0 Å². The normalized spacial score (nSPS) is 14.1. The molecule has 1 aliphatic heterocycles. The molecule has 0 aromatic heterocycles. The van der Waals surface area contributed by atoms with Crippen molar-refractivity contribution in [3.63, 3.8) is 0 Å². The maximum atomic E-state index is 10.7. The highest BCUT2D eigenvalue weighted by atomic mass is 16.6. The molecule has 1 aromatic rings. The topological polar surface area (TPSA) is 93.1 Å². The van der Waals surface area contributed by atoms with Crippen molar-refractivity contribution in [1.82, 2.24) is 0 Å². The highest BCUT2D eigenvalue weighted by Crippen LogP contribution is 2.10. The predicted molar refractivity (Wildman–Crippen MR) is 66.1 cm³/mol. The highest BCUT2D eigenvalue weighted by Gasteiger charge is 2.11. The van der Waals surface area contributed by atoms with E-state index < -0.39 is 11.8 Å². The molecule has 0 radical (unpaired) electrons. The van der Waals surface area contributed by atoms with Crippen molar-refractivity contribution in [3.8, 4) is 5.75 Å². The fourth-order valence-corrected chi connectivity index (χ4v) is 1.31. The van der Waals surface area contributed by atoms with Gasteiger partial charge in [-0.15, -0.1) is 0 Å². The van der Waals surface area contributed by atoms with Gasteiger partial charge in [-0.3, -0.25) is 4.79 Å². The number of phenolic OH excluding ortho intramolecular Hbond substituents is 1. The van der Waals surface area contributed by atoms with Gasteiger partial charge in [-0.05, 0) is 17.7 Å². The number of carbonyl (C=O) groups is 2. The molecule has 1 saturated heterocycles. The smallest absolute Gasteiger partial charge is 0.372 e. The highest BCUT2D eigenvalue weighted by molar-refractivity contribution is 6.33. The zero-order valence-electron chi connectivity index (χ0n) is 10.4. The van der Waals surface area contributed by atoms with E-state index >= 15 is 0 Å². The molecule has 1 heterocycles. The molecule has 0 saturated carbocycles. The summed E-state index contributed by atoms with van der Waals surface area (Å²) < 4.78 is 9.89. The fourth-order valence-electron chi connectivity index (χ4n) is 1.31. The van der Waals surface area contributed by atoms with Crippen molar-refractivity contribution in [2.45, 2.75) is 6.42 Å². The summed E-state index contributed by atoms with van der Waals surface area (Å²) >= 11 is 0. The number of Topliss-reactive ketones (excluding diaryl/α,β-unsaturated/α-hetero) is 1. The van der Waals surface area contributed by atoms with Crippen LogP contribution in [-0.2, 0) is 25.5 Å². The first-order valence-electron chi connectivity index (χ1n) is 5.79. The Kier molecular flexibility index (Phi) is 6.56. The summed E-state index contributed by atoms with van der Waals surface area (Å²) in [7, 11) is 0. The monoisotopic (exact) mass is 268 g/mol. The number of hydrogen-bond donors (Lipinski definition) is 2. The summed E-state index contributed by atoms with van der Waals surface area (Å²) in [5, 5.41) is 17.2. The number of aromatic hydroxyl groups is 1. The second-order valence-corrected chi connectivity index (χ2v) is 3.80. The standard InChI is InChI=1S/C9H8O4.C4H8O2/c10-7-3-1-6(2-4-7)5-8(11)9(12)13;1-2-6-4-3-5-1/h1-4,10H,5H2,(H,12,13);1-4H2. The molecule has 0 atom stereocenters. The number of ketones is 1. The summed E-state index contributed by atoms with van der Waals surface area (Å²) in [6, 6.07) is 5.83. The van der Waals surface area contributed by atoms with Crippen LogP contribution in [0.1, 0.15) is 5.56 Å². The lowest BCUT2D eigenvalue weighted by atomic mass is 10.1. The van der Waals surface area contributed by atoms with Gasteiger partial charge in [0.25, 0.3) is 0 Å². The molecular formula is C13H16O6. The average Bonchev–Trinajstić information content (AvgIpc) is 2.44. The number of carboxylic acids is 1. The van der Waals surface area contributed by atoms with Crippen molar-refractivity contribution >= 4 is 11.8 Å². The van der Waals surface area contributed by atoms with Crippen molar-refractivity contribution < 1.29 is 29.3 Å². The van der Waals surface area contributed by atoms with Gasteiger partial charge in [0.1, 0.15) is 5.75 Å². The van der Waals surface area contributed by atoms with E-state index in [2.05, 4.69) is 0 Å². The molecule has 0 unspecified atom stereocenters. The molecule has 0 spiro atoms. The first kappa shape index (κ1) is 15.1. The first-order chi connectivity index (χ1) is 9.09. The van der Waals surface area contributed by atoms with Gasteiger partial charge in [0, 0.05) is 6.42 Å². The van der Waals surface area contributed by atoms with Crippen molar-refractivity contribution in [1.29, 1.82) is 0 Å². The Hall–Kier alpha value is -1.92. The van der Waals surface area contributed by atoms with Crippen LogP contribution in [0.5, 0.6) is 5.75 Å². The number of aliphatic carboxylic acids is 1. The molecule has 1 aliphatic rings. The molecule has 0 bridgehead atoms. The summed E-state index contributed by atoms with van der Waals surface area (Å²) in [4.78, 5) is 20.9. The molecule has 0 amide bonds. The Balaban J connectivity index is 0.000000250. The van der Waals surface area contributed by atoms with Gasteiger partial charge in [0.2, 0.25) is 5.78 Å². The molecule has 1 fully saturated rings. The zero-order chi connectivity index (χ0) is 14.1. The molecule has 19 heavy (non-hydrogen) atoms. The van der Waals surface area contributed by atoms with E-state index in [9.17, 15) is 9.59 Å². The average molecular weight is 268 g/mol. The van der Waals surface area contributed by atoms with Crippen LogP contribution in [-0.4, -0.2) is 48.4 Å². The third-order valence-corrected chi connectivity index (χ3v) is 2.28. The number of ether oxygens (including phenoxy) is 2. The SMILES string of the molecule is C1COCCO1.O=C(O)C(=O)Cc1ccc(O)cc1. The van der Waals surface area contributed by atoms with Crippen LogP contribution in [0.3, 0.4) is 0 Å². The van der Waals surface area contributed by atoms with Crippen LogP contribution < -0.4 is 0 Å². The maximum absolute atomic E-state index is 10.7. The minimum absolute atomic E-state index is 0.0894. The summed E-state index contributed by atoms with van der Waals surface area (Å²) in [6.45, 7) is 3.11. The van der Waals surface area contributed by atoms with Crippen molar-refractivity contribution in [3.05, 3.63) is 29.8 Å². The van der Waals surface area contributed by atoms with Gasteiger partial charge in [-0.25, -0.2) is 4.79 Å². The van der Waals surface area contributed by atoms with Gasteiger partial charge >= 0.3 is 5.97 Å². The largest absolute Gasteiger partial charge is 0.508 e. The van der Waals surface area contributed by atoms with Gasteiger partial charge in [0.05, 0.1) is 26.4 Å². The lowest BCUT2D eigenvalue weighted by Crippen LogP contribution is -2.16. The quantitative estimate of drug-likeness (QED) is 0.781. The summed E-state index contributed by atoms with van der Waals surface area (Å²) in [5.41, 5.74) is 0.574. The number of hydrogen-bond acceptors (Lipinski definition) is 5. The van der Waals surface area contributed by atoms with E-state index in [0.29, 0.717) is 5.56 Å². The number of carboxylic acid groups (broad SMARTS) is 1. The lowest BCUT2D eigenvalue weighted by molar-refractivity contribution is -0.148. The second-order valence-electron chi connectivity index (χ2n) is 3.80. The summed E-state index contributed by atoms with van der Waals surface area (Å²) in [6.07, 6.45) is -0.143. The third-order valence-electron chi connectivity index (χ3n) is 2.28. The van der Waals surface area contributed by atoms with E-state index in [1.54, 1.807) is 0 Å².